The number of hydrogen-bond donors (Lipinski definition) is 1. The first-order chi connectivity index (χ1) is 8.70. The van der Waals surface area contributed by atoms with Crippen LogP contribution in [0.4, 0.5) is 5.82 Å². The molecule has 0 aromatic carbocycles. The van der Waals surface area contributed by atoms with Crippen molar-refractivity contribution in [3.05, 3.63) is 18.1 Å². The normalized spacial score (nSPS) is 21.7. The SMILES string of the molecule is O=C(O)c1cncnc1N1CCC2(CCCC2)C1. The maximum atomic E-state index is 11.2. The molecule has 1 spiro atoms. The number of carboxylic acid groups (broad SMARTS) is 1. The zero-order valence-corrected chi connectivity index (χ0v) is 10.3. The number of carboxylic acids is 1. The Hall–Kier alpha value is -1.65. The van der Waals surface area contributed by atoms with Gasteiger partial charge >= 0.3 is 5.97 Å². The molecule has 0 unspecified atom stereocenters. The first kappa shape index (κ1) is 11.4. The topological polar surface area (TPSA) is 66.3 Å². The highest BCUT2D eigenvalue weighted by Gasteiger charge is 2.41. The van der Waals surface area contributed by atoms with Crippen LogP contribution in [-0.2, 0) is 0 Å². The Labute approximate surface area is 106 Å². The van der Waals surface area contributed by atoms with E-state index in [1.54, 1.807) is 0 Å². The summed E-state index contributed by atoms with van der Waals surface area (Å²) in [5.74, 6) is -0.362. The highest BCUT2D eigenvalue weighted by Crippen LogP contribution is 2.46. The Morgan fingerprint density at radius 2 is 2.11 bits per heavy atom. The van der Waals surface area contributed by atoms with Gasteiger partial charge in [-0.3, -0.25) is 0 Å². The van der Waals surface area contributed by atoms with Crippen LogP contribution in [0.2, 0.25) is 0 Å². The van der Waals surface area contributed by atoms with Gasteiger partial charge in [-0.2, -0.15) is 0 Å². The molecule has 2 heterocycles. The first-order valence-electron chi connectivity index (χ1n) is 6.48. The number of aromatic nitrogens is 2. The second-order valence-corrected chi connectivity index (χ2v) is 5.44. The lowest BCUT2D eigenvalue weighted by Crippen LogP contribution is -2.27. The lowest BCUT2D eigenvalue weighted by molar-refractivity contribution is 0.0696. The molecule has 96 valence electrons. The fraction of sp³-hybridized carbons (Fsp3) is 0.615. The molecule has 2 aliphatic rings. The van der Waals surface area contributed by atoms with Crippen LogP contribution < -0.4 is 4.90 Å². The number of rotatable bonds is 2. The molecule has 1 aliphatic carbocycles. The smallest absolute Gasteiger partial charge is 0.341 e. The minimum absolute atomic E-state index is 0.215. The maximum Gasteiger partial charge on any atom is 0.341 e. The molecule has 1 N–H and O–H groups in total. The molecule has 5 nitrogen and oxygen atoms in total. The highest BCUT2D eigenvalue weighted by molar-refractivity contribution is 5.92. The summed E-state index contributed by atoms with van der Waals surface area (Å²) in [6.45, 7) is 1.86. The Morgan fingerprint density at radius 3 is 2.83 bits per heavy atom. The van der Waals surface area contributed by atoms with Gasteiger partial charge in [0.15, 0.2) is 0 Å². The van der Waals surface area contributed by atoms with Crippen molar-refractivity contribution >= 4 is 11.8 Å². The minimum Gasteiger partial charge on any atom is -0.477 e. The van der Waals surface area contributed by atoms with E-state index in [1.807, 2.05) is 0 Å². The molecule has 3 rings (SSSR count). The summed E-state index contributed by atoms with van der Waals surface area (Å²) in [4.78, 5) is 21.3. The number of carbonyl (C=O) groups is 1. The van der Waals surface area contributed by atoms with Gasteiger partial charge < -0.3 is 10.0 Å². The van der Waals surface area contributed by atoms with Crippen molar-refractivity contribution in [2.24, 2.45) is 5.41 Å². The van der Waals surface area contributed by atoms with Crippen molar-refractivity contribution in [3.8, 4) is 0 Å². The van der Waals surface area contributed by atoms with E-state index in [0.29, 0.717) is 11.2 Å². The zero-order chi connectivity index (χ0) is 12.6. The van der Waals surface area contributed by atoms with Crippen LogP contribution in [0.5, 0.6) is 0 Å². The highest BCUT2D eigenvalue weighted by atomic mass is 16.4. The lowest BCUT2D eigenvalue weighted by Gasteiger charge is -2.24. The summed E-state index contributed by atoms with van der Waals surface area (Å²) in [6, 6.07) is 0. The fourth-order valence-corrected chi connectivity index (χ4v) is 3.38. The van der Waals surface area contributed by atoms with Gasteiger partial charge in [0.05, 0.1) is 0 Å². The summed E-state index contributed by atoms with van der Waals surface area (Å²) in [6.07, 6.45) is 9.16. The van der Waals surface area contributed by atoms with Crippen LogP contribution in [0.3, 0.4) is 0 Å². The van der Waals surface area contributed by atoms with Crippen molar-refractivity contribution < 1.29 is 9.90 Å². The summed E-state index contributed by atoms with van der Waals surface area (Å²) < 4.78 is 0. The van der Waals surface area contributed by atoms with E-state index in [9.17, 15) is 9.90 Å². The van der Waals surface area contributed by atoms with Crippen molar-refractivity contribution in [1.82, 2.24) is 9.97 Å². The molecule has 0 atom stereocenters. The molecule has 5 heteroatoms. The van der Waals surface area contributed by atoms with Crippen molar-refractivity contribution in [1.29, 1.82) is 0 Å². The van der Waals surface area contributed by atoms with Crippen LogP contribution >= 0.6 is 0 Å². The maximum absolute atomic E-state index is 11.2. The monoisotopic (exact) mass is 247 g/mol. The third kappa shape index (κ3) is 1.83. The Balaban J connectivity index is 1.86. The van der Waals surface area contributed by atoms with Gasteiger partial charge in [-0.25, -0.2) is 14.8 Å². The average Bonchev–Trinajstić information content (AvgIpc) is 3.00. The molecule has 2 fully saturated rings. The van der Waals surface area contributed by atoms with E-state index in [0.717, 1.165) is 19.5 Å². The second-order valence-electron chi connectivity index (χ2n) is 5.44. The molecule has 1 aromatic heterocycles. The van der Waals surface area contributed by atoms with Crippen LogP contribution in [0.25, 0.3) is 0 Å². The van der Waals surface area contributed by atoms with Crippen molar-refractivity contribution in [2.75, 3.05) is 18.0 Å². The van der Waals surface area contributed by atoms with E-state index in [2.05, 4.69) is 14.9 Å². The third-order valence-corrected chi connectivity index (χ3v) is 4.32. The van der Waals surface area contributed by atoms with Gasteiger partial charge in [-0.05, 0) is 24.7 Å². The van der Waals surface area contributed by atoms with Gasteiger partial charge in [0.2, 0.25) is 0 Å². The molecule has 1 saturated carbocycles. The van der Waals surface area contributed by atoms with Gasteiger partial charge in [0.25, 0.3) is 0 Å². The molecule has 0 radical (unpaired) electrons. The molecule has 0 amide bonds. The van der Waals surface area contributed by atoms with E-state index < -0.39 is 5.97 Å². The molecule has 1 aliphatic heterocycles. The zero-order valence-electron chi connectivity index (χ0n) is 10.3. The van der Waals surface area contributed by atoms with Gasteiger partial charge in [-0.1, -0.05) is 12.8 Å². The van der Waals surface area contributed by atoms with Crippen molar-refractivity contribution in [3.63, 3.8) is 0 Å². The Bertz CT molecular complexity index is 469. The predicted molar refractivity (Wildman–Crippen MR) is 66.7 cm³/mol. The van der Waals surface area contributed by atoms with E-state index >= 15 is 0 Å². The summed E-state index contributed by atoms with van der Waals surface area (Å²) >= 11 is 0. The predicted octanol–water partition coefficient (Wildman–Crippen LogP) is 1.95. The van der Waals surface area contributed by atoms with Gasteiger partial charge in [-0.15, -0.1) is 0 Å². The summed E-state index contributed by atoms with van der Waals surface area (Å²) in [5.41, 5.74) is 0.633. The molecular formula is C13H17N3O2. The number of aromatic carboxylic acids is 1. The first-order valence-corrected chi connectivity index (χ1v) is 6.48. The largest absolute Gasteiger partial charge is 0.477 e. The fourth-order valence-electron chi connectivity index (χ4n) is 3.38. The lowest BCUT2D eigenvalue weighted by atomic mass is 9.86. The van der Waals surface area contributed by atoms with Crippen LogP contribution in [-0.4, -0.2) is 34.1 Å². The van der Waals surface area contributed by atoms with Gasteiger partial charge in [0, 0.05) is 19.3 Å². The van der Waals surface area contributed by atoms with Crippen LogP contribution in [0.1, 0.15) is 42.5 Å². The molecular weight excluding hydrogens is 230 g/mol. The average molecular weight is 247 g/mol. The summed E-state index contributed by atoms with van der Waals surface area (Å²) in [7, 11) is 0. The number of anilines is 1. The third-order valence-electron chi connectivity index (χ3n) is 4.32. The van der Waals surface area contributed by atoms with Crippen LogP contribution in [0, 0.1) is 5.41 Å². The van der Waals surface area contributed by atoms with E-state index in [1.165, 1.54) is 38.2 Å². The Morgan fingerprint density at radius 1 is 1.33 bits per heavy atom. The second kappa shape index (κ2) is 4.23. The van der Waals surface area contributed by atoms with E-state index in [4.69, 9.17) is 0 Å². The molecule has 1 saturated heterocycles. The number of nitrogens with zero attached hydrogens (tertiary/aromatic N) is 3. The standard InChI is InChI=1S/C13H17N3O2/c17-12(18)10-7-14-9-15-11(10)16-6-5-13(8-16)3-1-2-4-13/h7,9H,1-6,8H2,(H,17,18). The Kier molecular flexibility index (Phi) is 2.69. The van der Waals surface area contributed by atoms with Crippen molar-refractivity contribution in [2.45, 2.75) is 32.1 Å². The molecule has 1 aromatic rings. The quantitative estimate of drug-likeness (QED) is 0.865. The number of hydrogen-bond acceptors (Lipinski definition) is 4. The molecule has 18 heavy (non-hydrogen) atoms. The molecule has 0 bridgehead atoms. The van der Waals surface area contributed by atoms with Gasteiger partial charge in [0.1, 0.15) is 17.7 Å². The van der Waals surface area contributed by atoms with E-state index in [-0.39, 0.29) is 5.56 Å². The van der Waals surface area contributed by atoms with Crippen LogP contribution in [0.15, 0.2) is 12.5 Å². The summed E-state index contributed by atoms with van der Waals surface area (Å²) in [5, 5.41) is 9.18. The minimum atomic E-state index is -0.946.